The van der Waals surface area contributed by atoms with Gasteiger partial charge in [-0.1, -0.05) is 12.1 Å². The predicted octanol–water partition coefficient (Wildman–Crippen LogP) is 1.30. The number of piperidine rings is 2. The Morgan fingerprint density at radius 2 is 2.00 bits per heavy atom. The number of carbonyl (C=O) groups excluding carboxylic acids is 2. The number of rotatable bonds is 3. The van der Waals surface area contributed by atoms with E-state index in [0.29, 0.717) is 18.8 Å². The first-order chi connectivity index (χ1) is 12.6. The van der Waals surface area contributed by atoms with Crippen molar-refractivity contribution < 1.29 is 14.7 Å². The van der Waals surface area contributed by atoms with Gasteiger partial charge in [0.15, 0.2) is 0 Å². The molecule has 3 heterocycles. The number of hydrogen-bond donors (Lipinski definition) is 2. The van der Waals surface area contributed by atoms with Crippen LogP contribution in [0.3, 0.4) is 0 Å². The van der Waals surface area contributed by atoms with Crippen LogP contribution in [0, 0.1) is 5.92 Å². The van der Waals surface area contributed by atoms with Gasteiger partial charge in [-0.25, -0.2) is 0 Å². The van der Waals surface area contributed by atoms with E-state index in [-0.39, 0.29) is 24.3 Å². The third-order valence-electron chi connectivity index (χ3n) is 5.65. The summed E-state index contributed by atoms with van der Waals surface area (Å²) < 4.78 is 1.85. The highest BCUT2D eigenvalue weighted by Crippen LogP contribution is 2.35. The van der Waals surface area contributed by atoms with Crippen molar-refractivity contribution in [3.63, 3.8) is 0 Å². The molecule has 7 nitrogen and oxygen atoms in total. The summed E-state index contributed by atoms with van der Waals surface area (Å²) in [5.74, 6) is -0.461. The lowest BCUT2D eigenvalue weighted by Crippen LogP contribution is -2.39. The zero-order valence-corrected chi connectivity index (χ0v) is 14.9. The Labute approximate surface area is 152 Å². The maximum atomic E-state index is 12.3. The van der Waals surface area contributed by atoms with Gasteiger partial charge < -0.3 is 10.0 Å². The molecule has 0 spiro atoms. The molecule has 2 aromatic rings. The highest BCUT2D eigenvalue weighted by molar-refractivity contribution is 6.03. The average molecular weight is 356 g/mol. The van der Waals surface area contributed by atoms with Crippen molar-refractivity contribution in [3.05, 3.63) is 23.9 Å². The topological polar surface area (TPSA) is 87.5 Å². The van der Waals surface area contributed by atoms with E-state index in [1.54, 1.807) is 0 Å². The molecule has 1 aromatic carbocycles. The SMILES string of the molecule is Cn1nc(C2CCC(=O)NC2=O)c2cccc(N3CCC(CO)CC3)c21. The van der Waals surface area contributed by atoms with Gasteiger partial charge in [0.1, 0.15) is 0 Å². The maximum Gasteiger partial charge on any atom is 0.235 e. The Hall–Kier alpha value is -2.41. The van der Waals surface area contributed by atoms with Gasteiger partial charge >= 0.3 is 0 Å². The Morgan fingerprint density at radius 3 is 2.69 bits per heavy atom. The number of aliphatic hydroxyl groups is 1. The van der Waals surface area contributed by atoms with Crippen LogP contribution in [0.4, 0.5) is 5.69 Å². The summed E-state index contributed by atoms with van der Waals surface area (Å²) in [5, 5.41) is 17.4. The quantitative estimate of drug-likeness (QED) is 0.810. The monoisotopic (exact) mass is 356 g/mol. The predicted molar refractivity (Wildman–Crippen MR) is 97.9 cm³/mol. The zero-order valence-electron chi connectivity index (χ0n) is 14.9. The minimum Gasteiger partial charge on any atom is -0.396 e. The third kappa shape index (κ3) is 2.86. The number of imide groups is 1. The zero-order chi connectivity index (χ0) is 18.3. The van der Waals surface area contributed by atoms with Crippen molar-refractivity contribution in [1.29, 1.82) is 0 Å². The lowest BCUT2D eigenvalue weighted by atomic mass is 9.92. The van der Waals surface area contributed by atoms with E-state index < -0.39 is 0 Å². The molecule has 26 heavy (non-hydrogen) atoms. The molecule has 0 saturated carbocycles. The van der Waals surface area contributed by atoms with Crippen LogP contribution in [-0.2, 0) is 16.6 Å². The van der Waals surface area contributed by atoms with E-state index in [2.05, 4.69) is 21.4 Å². The minimum atomic E-state index is -0.383. The largest absolute Gasteiger partial charge is 0.396 e. The number of amides is 2. The number of para-hydroxylation sites is 1. The third-order valence-corrected chi connectivity index (χ3v) is 5.65. The van der Waals surface area contributed by atoms with Gasteiger partial charge in [0, 0.05) is 38.6 Å². The smallest absolute Gasteiger partial charge is 0.235 e. The van der Waals surface area contributed by atoms with Crippen molar-refractivity contribution in [2.75, 3.05) is 24.6 Å². The maximum absolute atomic E-state index is 12.3. The molecule has 2 aliphatic rings. The molecule has 138 valence electrons. The normalized spacial score (nSPS) is 22.1. The van der Waals surface area contributed by atoms with Crippen molar-refractivity contribution in [2.24, 2.45) is 13.0 Å². The molecule has 2 amide bonds. The van der Waals surface area contributed by atoms with E-state index in [9.17, 15) is 14.7 Å². The number of aromatic nitrogens is 2. The van der Waals surface area contributed by atoms with Crippen LogP contribution in [0.2, 0.25) is 0 Å². The molecule has 2 aliphatic heterocycles. The van der Waals surface area contributed by atoms with E-state index in [1.165, 1.54) is 0 Å². The van der Waals surface area contributed by atoms with Gasteiger partial charge in [-0.05, 0) is 31.2 Å². The summed E-state index contributed by atoms with van der Waals surface area (Å²) >= 11 is 0. The van der Waals surface area contributed by atoms with E-state index >= 15 is 0 Å². The molecule has 2 fully saturated rings. The molecular weight excluding hydrogens is 332 g/mol. The van der Waals surface area contributed by atoms with Gasteiger partial charge in [-0.15, -0.1) is 0 Å². The number of aryl methyl sites for hydroxylation is 1. The molecule has 7 heteroatoms. The van der Waals surface area contributed by atoms with Gasteiger partial charge in [-0.3, -0.25) is 19.6 Å². The van der Waals surface area contributed by atoms with Gasteiger partial charge in [0.2, 0.25) is 11.8 Å². The summed E-state index contributed by atoms with van der Waals surface area (Å²) in [5.41, 5.74) is 2.89. The van der Waals surface area contributed by atoms with Crippen molar-refractivity contribution in [2.45, 2.75) is 31.6 Å². The number of nitrogens with zero attached hydrogens (tertiary/aromatic N) is 3. The second-order valence-corrected chi connectivity index (χ2v) is 7.30. The fourth-order valence-corrected chi connectivity index (χ4v) is 4.17. The molecule has 0 radical (unpaired) electrons. The number of anilines is 1. The standard InChI is InChI=1S/C19H24N4O3/c1-22-18-13(17(21-22)14-5-6-16(25)20-19(14)26)3-2-4-15(18)23-9-7-12(11-24)8-10-23/h2-4,12,14,24H,5-11H2,1H3,(H,20,25,26). The van der Waals surface area contributed by atoms with Crippen LogP contribution < -0.4 is 10.2 Å². The molecule has 1 unspecified atom stereocenters. The molecule has 2 saturated heterocycles. The van der Waals surface area contributed by atoms with E-state index in [4.69, 9.17) is 0 Å². The average Bonchev–Trinajstić information content (AvgIpc) is 2.99. The number of aliphatic hydroxyl groups excluding tert-OH is 1. The van der Waals surface area contributed by atoms with Crippen LogP contribution in [-0.4, -0.2) is 46.4 Å². The van der Waals surface area contributed by atoms with Gasteiger partial charge in [0.25, 0.3) is 0 Å². The van der Waals surface area contributed by atoms with Gasteiger partial charge in [0.05, 0.1) is 22.8 Å². The fourth-order valence-electron chi connectivity index (χ4n) is 4.17. The molecule has 0 aliphatic carbocycles. The summed E-state index contributed by atoms with van der Waals surface area (Å²) in [7, 11) is 1.90. The molecular formula is C19H24N4O3. The summed E-state index contributed by atoms with van der Waals surface area (Å²) in [6, 6.07) is 6.11. The lowest BCUT2D eigenvalue weighted by Gasteiger charge is -2.33. The molecule has 4 rings (SSSR count). The van der Waals surface area contributed by atoms with E-state index in [0.717, 1.165) is 48.2 Å². The Morgan fingerprint density at radius 1 is 1.23 bits per heavy atom. The number of nitrogens with one attached hydrogen (secondary N) is 1. The minimum absolute atomic E-state index is 0.209. The van der Waals surface area contributed by atoms with Crippen LogP contribution in [0.1, 0.15) is 37.3 Å². The summed E-state index contributed by atoms with van der Waals surface area (Å²) in [6.45, 7) is 2.07. The summed E-state index contributed by atoms with van der Waals surface area (Å²) in [4.78, 5) is 26.1. The first-order valence-electron chi connectivity index (χ1n) is 9.23. The molecule has 2 N–H and O–H groups in total. The first-order valence-corrected chi connectivity index (χ1v) is 9.23. The second kappa shape index (κ2) is 6.72. The van der Waals surface area contributed by atoms with E-state index in [1.807, 2.05) is 23.9 Å². The second-order valence-electron chi connectivity index (χ2n) is 7.30. The Balaban J connectivity index is 1.71. The van der Waals surface area contributed by atoms with Crippen molar-refractivity contribution in [1.82, 2.24) is 15.1 Å². The molecule has 1 atom stereocenters. The van der Waals surface area contributed by atoms with Crippen LogP contribution in [0.5, 0.6) is 0 Å². The fraction of sp³-hybridized carbons (Fsp3) is 0.526. The number of benzene rings is 1. The Kier molecular flexibility index (Phi) is 4.40. The van der Waals surface area contributed by atoms with Crippen molar-refractivity contribution in [3.8, 4) is 0 Å². The number of hydrogen-bond acceptors (Lipinski definition) is 5. The summed E-state index contributed by atoms with van der Waals surface area (Å²) in [6.07, 6.45) is 2.81. The number of fused-ring (bicyclic) bond motifs is 1. The first kappa shape index (κ1) is 17.0. The highest BCUT2D eigenvalue weighted by Gasteiger charge is 2.32. The van der Waals surface area contributed by atoms with Gasteiger partial charge in [-0.2, -0.15) is 5.10 Å². The molecule has 0 bridgehead atoms. The lowest BCUT2D eigenvalue weighted by molar-refractivity contribution is -0.134. The van der Waals surface area contributed by atoms with Crippen LogP contribution >= 0.6 is 0 Å². The number of carbonyl (C=O) groups is 2. The van der Waals surface area contributed by atoms with Crippen LogP contribution in [0.15, 0.2) is 18.2 Å². The van der Waals surface area contributed by atoms with Crippen LogP contribution in [0.25, 0.3) is 10.9 Å². The molecule has 1 aromatic heterocycles. The highest BCUT2D eigenvalue weighted by atomic mass is 16.3. The Bertz CT molecular complexity index is 852. The van der Waals surface area contributed by atoms with Crippen molar-refractivity contribution >= 4 is 28.4 Å².